The largest absolute Gasteiger partial charge is 0.358 e. The minimum atomic E-state index is -0.353. The summed E-state index contributed by atoms with van der Waals surface area (Å²) in [5.74, 6) is -0.272. The van der Waals surface area contributed by atoms with Gasteiger partial charge in [-0.15, -0.1) is 0 Å². The van der Waals surface area contributed by atoms with Gasteiger partial charge in [-0.3, -0.25) is 9.59 Å². The van der Waals surface area contributed by atoms with Gasteiger partial charge in [0, 0.05) is 6.20 Å². The maximum absolute atomic E-state index is 11.6. The number of Topliss-reactive ketones (excluding diaryl/α,β-unsaturated/α-hetero) is 1. The molecule has 70 valence electrons. The van der Waals surface area contributed by atoms with Crippen LogP contribution in [0.15, 0.2) is 23.5 Å². The summed E-state index contributed by atoms with van der Waals surface area (Å²) in [4.78, 5) is 33.1. The van der Waals surface area contributed by atoms with E-state index >= 15 is 0 Å². The molecule has 0 aliphatic carbocycles. The molecule has 0 radical (unpaired) electrons. The number of carbonyl (C=O) groups excluding carboxylic acids is 1. The molecule has 0 fully saturated rings. The first-order valence-corrected chi connectivity index (χ1v) is 4.02. The Kier molecular flexibility index (Phi) is 1.85. The standard InChI is InChI=1S/C9H7N3O2/c1-5(13)6-2-11-7-3-10-4-12-8(7)9(6)14/h2-4H,1H3,(H,11,14). The molecule has 2 rings (SSSR count). The van der Waals surface area contributed by atoms with Gasteiger partial charge < -0.3 is 4.98 Å². The lowest BCUT2D eigenvalue weighted by Crippen LogP contribution is -2.14. The molecule has 0 saturated heterocycles. The number of aromatic amines is 1. The van der Waals surface area contributed by atoms with E-state index in [4.69, 9.17) is 0 Å². The second kappa shape index (κ2) is 3.02. The molecule has 14 heavy (non-hydrogen) atoms. The number of aromatic nitrogens is 3. The van der Waals surface area contributed by atoms with Gasteiger partial charge in [0.15, 0.2) is 5.78 Å². The maximum Gasteiger partial charge on any atom is 0.218 e. The van der Waals surface area contributed by atoms with Crippen LogP contribution in [0.2, 0.25) is 0 Å². The topological polar surface area (TPSA) is 75.7 Å². The van der Waals surface area contributed by atoms with Crippen LogP contribution in [0.4, 0.5) is 0 Å². The van der Waals surface area contributed by atoms with Gasteiger partial charge in [-0.05, 0) is 6.92 Å². The zero-order valence-corrected chi connectivity index (χ0v) is 7.44. The van der Waals surface area contributed by atoms with Crippen molar-refractivity contribution in [2.75, 3.05) is 0 Å². The quantitative estimate of drug-likeness (QED) is 0.663. The lowest BCUT2D eigenvalue weighted by Gasteiger charge is -1.97. The minimum absolute atomic E-state index is 0.121. The van der Waals surface area contributed by atoms with Crippen molar-refractivity contribution < 1.29 is 4.79 Å². The summed E-state index contributed by atoms with van der Waals surface area (Å²) in [6, 6.07) is 0. The fourth-order valence-corrected chi connectivity index (χ4v) is 1.22. The number of H-pyrrole nitrogens is 1. The van der Waals surface area contributed by atoms with Crippen molar-refractivity contribution in [1.29, 1.82) is 0 Å². The summed E-state index contributed by atoms with van der Waals surface area (Å²) >= 11 is 0. The number of ketones is 1. The van der Waals surface area contributed by atoms with Crippen LogP contribution in [0.1, 0.15) is 17.3 Å². The van der Waals surface area contributed by atoms with E-state index in [0.717, 1.165) is 0 Å². The fraction of sp³-hybridized carbons (Fsp3) is 0.111. The van der Waals surface area contributed by atoms with Crippen molar-refractivity contribution in [3.05, 3.63) is 34.5 Å². The maximum atomic E-state index is 11.6. The number of nitrogens with one attached hydrogen (secondary N) is 1. The molecular formula is C9H7N3O2. The summed E-state index contributed by atoms with van der Waals surface area (Å²) in [5.41, 5.74) is 0.542. The van der Waals surface area contributed by atoms with Gasteiger partial charge >= 0.3 is 0 Å². The zero-order chi connectivity index (χ0) is 10.1. The average Bonchev–Trinajstić information content (AvgIpc) is 2.18. The normalized spacial score (nSPS) is 10.4. The van der Waals surface area contributed by atoms with Crippen molar-refractivity contribution in [2.24, 2.45) is 0 Å². The summed E-state index contributed by atoms with van der Waals surface area (Å²) in [7, 11) is 0. The molecule has 0 aliphatic rings. The van der Waals surface area contributed by atoms with E-state index in [9.17, 15) is 9.59 Å². The second-order valence-electron chi connectivity index (χ2n) is 2.87. The third-order valence-electron chi connectivity index (χ3n) is 1.92. The van der Waals surface area contributed by atoms with Gasteiger partial charge in [0.2, 0.25) is 5.43 Å². The Morgan fingerprint density at radius 1 is 1.50 bits per heavy atom. The predicted octanol–water partition coefficient (Wildman–Crippen LogP) is 0.521. The van der Waals surface area contributed by atoms with Crippen molar-refractivity contribution >= 4 is 16.8 Å². The van der Waals surface area contributed by atoms with E-state index in [2.05, 4.69) is 15.0 Å². The van der Waals surface area contributed by atoms with E-state index in [1.807, 2.05) is 0 Å². The van der Waals surface area contributed by atoms with E-state index in [1.165, 1.54) is 25.6 Å². The van der Waals surface area contributed by atoms with Crippen molar-refractivity contribution in [1.82, 2.24) is 15.0 Å². The van der Waals surface area contributed by atoms with Crippen molar-refractivity contribution in [3.8, 4) is 0 Å². The second-order valence-corrected chi connectivity index (χ2v) is 2.87. The molecule has 5 heteroatoms. The lowest BCUT2D eigenvalue weighted by atomic mass is 10.2. The average molecular weight is 189 g/mol. The van der Waals surface area contributed by atoms with Gasteiger partial charge in [-0.2, -0.15) is 0 Å². The Labute approximate surface area is 78.8 Å². The Morgan fingerprint density at radius 3 is 3.00 bits per heavy atom. The molecule has 2 heterocycles. The van der Waals surface area contributed by atoms with E-state index in [-0.39, 0.29) is 22.3 Å². The number of rotatable bonds is 1. The SMILES string of the molecule is CC(=O)c1c[nH]c2cncnc2c1=O. The fourth-order valence-electron chi connectivity index (χ4n) is 1.22. The number of carbonyl (C=O) groups is 1. The van der Waals surface area contributed by atoms with Crippen LogP contribution in [-0.4, -0.2) is 20.7 Å². The molecule has 0 aliphatic heterocycles. The van der Waals surface area contributed by atoms with Crippen LogP contribution >= 0.6 is 0 Å². The van der Waals surface area contributed by atoms with Crippen LogP contribution in [0.3, 0.4) is 0 Å². The summed E-state index contributed by atoms with van der Waals surface area (Å²) in [6.45, 7) is 1.34. The molecule has 0 saturated carbocycles. The number of hydrogen-bond acceptors (Lipinski definition) is 4. The first-order valence-electron chi connectivity index (χ1n) is 4.02. The Balaban J connectivity index is 2.89. The molecule has 0 aromatic carbocycles. The highest BCUT2D eigenvalue weighted by molar-refractivity contribution is 5.96. The van der Waals surface area contributed by atoms with Crippen LogP contribution in [0.25, 0.3) is 11.0 Å². The van der Waals surface area contributed by atoms with Gasteiger partial charge in [0.25, 0.3) is 0 Å². The number of nitrogens with zero attached hydrogens (tertiary/aromatic N) is 2. The van der Waals surface area contributed by atoms with Crippen molar-refractivity contribution in [2.45, 2.75) is 6.92 Å². The Bertz CT molecular complexity index is 559. The third-order valence-corrected chi connectivity index (χ3v) is 1.92. The molecule has 5 nitrogen and oxygen atoms in total. The molecule has 0 spiro atoms. The first kappa shape index (κ1) is 8.55. The van der Waals surface area contributed by atoms with E-state index < -0.39 is 0 Å². The van der Waals surface area contributed by atoms with Crippen LogP contribution in [0, 0.1) is 0 Å². The van der Waals surface area contributed by atoms with Gasteiger partial charge in [-0.1, -0.05) is 0 Å². The van der Waals surface area contributed by atoms with E-state index in [1.54, 1.807) is 0 Å². The predicted molar refractivity (Wildman–Crippen MR) is 50.2 cm³/mol. The summed E-state index contributed by atoms with van der Waals surface area (Å²) < 4.78 is 0. The molecule has 2 aromatic heterocycles. The Morgan fingerprint density at radius 2 is 2.29 bits per heavy atom. The number of fused-ring (bicyclic) bond motifs is 1. The number of pyridine rings is 1. The first-order chi connectivity index (χ1) is 6.70. The number of hydrogen-bond donors (Lipinski definition) is 1. The molecular weight excluding hydrogens is 182 g/mol. The summed E-state index contributed by atoms with van der Waals surface area (Å²) in [5, 5.41) is 0. The monoisotopic (exact) mass is 189 g/mol. The molecule has 0 unspecified atom stereocenters. The summed E-state index contributed by atoms with van der Waals surface area (Å²) in [6.07, 6.45) is 4.16. The van der Waals surface area contributed by atoms with Gasteiger partial charge in [-0.25, -0.2) is 9.97 Å². The molecule has 1 N–H and O–H groups in total. The highest BCUT2D eigenvalue weighted by Crippen LogP contribution is 2.02. The minimum Gasteiger partial charge on any atom is -0.358 e. The molecule has 0 amide bonds. The Hall–Kier alpha value is -2.04. The zero-order valence-electron chi connectivity index (χ0n) is 7.44. The molecule has 0 bridgehead atoms. The highest BCUT2D eigenvalue weighted by atomic mass is 16.1. The molecule has 0 atom stereocenters. The molecule has 2 aromatic rings. The highest BCUT2D eigenvalue weighted by Gasteiger charge is 2.08. The van der Waals surface area contributed by atoms with Crippen LogP contribution in [-0.2, 0) is 0 Å². The van der Waals surface area contributed by atoms with Gasteiger partial charge in [0.1, 0.15) is 11.8 Å². The smallest absolute Gasteiger partial charge is 0.218 e. The van der Waals surface area contributed by atoms with E-state index in [0.29, 0.717) is 5.52 Å². The lowest BCUT2D eigenvalue weighted by molar-refractivity contribution is 0.101. The van der Waals surface area contributed by atoms with Gasteiger partial charge in [0.05, 0.1) is 17.3 Å². The third kappa shape index (κ3) is 1.19. The van der Waals surface area contributed by atoms with Crippen molar-refractivity contribution in [3.63, 3.8) is 0 Å². The van der Waals surface area contributed by atoms with Crippen LogP contribution in [0.5, 0.6) is 0 Å². The van der Waals surface area contributed by atoms with Crippen LogP contribution < -0.4 is 5.43 Å².